The standard InChI is InChI=1S/C20H24O2/c1-22-18-4-2-3-14(10-18)5-6-19(21)20-11-15-7-16(12-20)9-17(8-15)13-20/h2-6,10,15-17H,7-9,11-13H2,1H3. The Balaban J connectivity index is 1.53. The molecule has 0 atom stereocenters. The molecule has 0 N–H and O–H groups in total. The van der Waals surface area contributed by atoms with E-state index in [-0.39, 0.29) is 5.41 Å². The number of hydrogen-bond acceptors (Lipinski definition) is 2. The third kappa shape index (κ3) is 2.39. The lowest BCUT2D eigenvalue weighted by Gasteiger charge is -2.55. The molecule has 4 aliphatic carbocycles. The Labute approximate surface area is 132 Å². The molecule has 0 amide bonds. The van der Waals surface area contributed by atoms with Gasteiger partial charge in [0.25, 0.3) is 0 Å². The smallest absolute Gasteiger partial charge is 0.161 e. The molecule has 0 unspecified atom stereocenters. The maximum Gasteiger partial charge on any atom is 0.161 e. The average Bonchev–Trinajstić information content (AvgIpc) is 2.51. The quantitative estimate of drug-likeness (QED) is 0.765. The molecule has 1 aromatic carbocycles. The van der Waals surface area contributed by atoms with Crippen LogP contribution >= 0.6 is 0 Å². The molecule has 22 heavy (non-hydrogen) atoms. The highest BCUT2D eigenvalue weighted by Crippen LogP contribution is 2.60. The van der Waals surface area contributed by atoms with Crippen LogP contribution in [0.1, 0.15) is 44.1 Å². The van der Waals surface area contributed by atoms with Crippen LogP contribution in [0, 0.1) is 23.2 Å². The van der Waals surface area contributed by atoms with E-state index >= 15 is 0 Å². The van der Waals surface area contributed by atoms with Crippen molar-refractivity contribution in [2.45, 2.75) is 38.5 Å². The van der Waals surface area contributed by atoms with Crippen molar-refractivity contribution >= 4 is 11.9 Å². The van der Waals surface area contributed by atoms with Gasteiger partial charge < -0.3 is 4.74 Å². The van der Waals surface area contributed by atoms with Crippen LogP contribution in [0.5, 0.6) is 5.75 Å². The van der Waals surface area contributed by atoms with Crippen molar-refractivity contribution < 1.29 is 9.53 Å². The lowest BCUT2D eigenvalue weighted by Crippen LogP contribution is -2.49. The SMILES string of the molecule is COc1cccc(C=CC(=O)C23CC4CC(CC(C4)C2)C3)c1. The molecule has 0 radical (unpaired) electrons. The topological polar surface area (TPSA) is 26.3 Å². The highest BCUT2D eigenvalue weighted by molar-refractivity contribution is 5.98. The minimum absolute atomic E-state index is 0.0237. The van der Waals surface area contributed by atoms with Crippen molar-refractivity contribution in [3.63, 3.8) is 0 Å². The van der Waals surface area contributed by atoms with Gasteiger partial charge in [-0.25, -0.2) is 0 Å². The summed E-state index contributed by atoms with van der Waals surface area (Å²) < 4.78 is 5.24. The van der Waals surface area contributed by atoms with E-state index in [0.717, 1.165) is 48.3 Å². The number of ether oxygens (including phenoxy) is 1. The van der Waals surface area contributed by atoms with Crippen LogP contribution < -0.4 is 4.74 Å². The molecule has 2 nitrogen and oxygen atoms in total. The van der Waals surface area contributed by atoms with Gasteiger partial charge in [-0.3, -0.25) is 4.79 Å². The number of carbonyl (C=O) groups excluding carboxylic acids is 1. The van der Waals surface area contributed by atoms with Crippen molar-refractivity contribution in [2.24, 2.45) is 23.2 Å². The first-order valence-electron chi connectivity index (χ1n) is 8.53. The first-order chi connectivity index (χ1) is 10.7. The molecule has 5 rings (SSSR count). The zero-order chi connectivity index (χ0) is 15.2. The number of ketones is 1. The van der Waals surface area contributed by atoms with E-state index in [4.69, 9.17) is 4.74 Å². The zero-order valence-corrected chi connectivity index (χ0v) is 13.3. The predicted molar refractivity (Wildman–Crippen MR) is 87.6 cm³/mol. The van der Waals surface area contributed by atoms with Crippen molar-refractivity contribution in [3.05, 3.63) is 35.9 Å². The van der Waals surface area contributed by atoms with Crippen LogP contribution in [0.15, 0.2) is 30.3 Å². The Morgan fingerprint density at radius 1 is 1.14 bits per heavy atom. The molecule has 0 saturated heterocycles. The second-order valence-electron chi connectivity index (χ2n) is 7.67. The van der Waals surface area contributed by atoms with Gasteiger partial charge in [0, 0.05) is 5.41 Å². The fourth-order valence-corrected chi connectivity index (χ4v) is 5.51. The Hall–Kier alpha value is -1.57. The van der Waals surface area contributed by atoms with Crippen LogP contribution in [0.3, 0.4) is 0 Å². The fraction of sp³-hybridized carbons (Fsp3) is 0.550. The normalized spacial score (nSPS) is 36.0. The lowest BCUT2D eigenvalue weighted by atomic mass is 9.48. The Morgan fingerprint density at radius 3 is 2.36 bits per heavy atom. The number of rotatable bonds is 4. The fourth-order valence-electron chi connectivity index (χ4n) is 5.51. The van der Waals surface area contributed by atoms with E-state index in [1.54, 1.807) is 7.11 Å². The van der Waals surface area contributed by atoms with Gasteiger partial charge in [-0.05, 0) is 80.1 Å². The second-order valence-corrected chi connectivity index (χ2v) is 7.67. The minimum atomic E-state index is -0.0237. The average molecular weight is 296 g/mol. The minimum Gasteiger partial charge on any atom is -0.497 e. The molecule has 4 bridgehead atoms. The van der Waals surface area contributed by atoms with Crippen LogP contribution in [0.25, 0.3) is 6.08 Å². The van der Waals surface area contributed by atoms with Gasteiger partial charge in [0.2, 0.25) is 0 Å². The molecule has 4 saturated carbocycles. The van der Waals surface area contributed by atoms with Crippen molar-refractivity contribution in [2.75, 3.05) is 7.11 Å². The molecule has 116 valence electrons. The second kappa shape index (κ2) is 5.26. The summed E-state index contributed by atoms with van der Waals surface area (Å²) in [5, 5.41) is 0. The molecule has 4 fully saturated rings. The van der Waals surface area contributed by atoms with Gasteiger partial charge in [0.1, 0.15) is 5.75 Å². The number of methoxy groups -OCH3 is 1. The van der Waals surface area contributed by atoms with E-state index in [0.29, 0.717) is 5.78 Å². The van der Waals surface area contributed by atoms with Crippen LogP contribution in [0.4, 0.5) is 0 Å². The summed E-state index contributed by atoms with van der Waals surface area (Å²) in [7, 11) is 1.67. The predicted octanol–water partition coefficient (Wildman–Crippen LogP) is 4.49. The monoisotopic (exact) mass is 296 g/mol. The van der Waals surface area contributed by atoms with Gasteiger partial charge in [-0.2, -0.15) is 0 Å². The van der Waals surface area contributed by atoms with Gasteiger partial charge in [-0.1, -0.05) is 18.2 Å². The zero-order valence-electron chi connectivity index (χ0n) is 13.3. The van der Waals surface area contributed by atoms with Crippen molar-refractivity contribution in [3.8, 4) is 5.75 Å². The van der Waals surface area contributed by atoms with Crippen LogP contribution in [-0.4, -0.2) is 12.9 Å². The van der Waals surface area contributed by atoms with Gasteiger partial charge >= 0.3 is 0 Å². The summed E-state index contributed by atoms with van der Waals surface area (Å²) in [5.74, 6) is 3.67. The number of carbonyl (C=O) groups is 1. The molecular formula is C20H24O2. The van der Waals surface area contributed by atoms with E-state index in [2.05, 4.69) is 0 Å². The largest absolute Gasteiger partial charge is 0.497 e. The summed E-state index contributed by atoms with van der Waals surface area (Å²) >= 11 is 0. The summed E-state index contributed by atoms with van der Waals surface area (Å²) in [6.07, 6.45) is 11.4. The Bertz CT molecular complexity index is 579. The molecule has 1 aromatic rings. The molecule has 0 aliphatic heterocycles. The summed E-state index contributed by atoms with van der Waals surface area (Å²) in [5.41, 5.74) is 1.02. The lowest BCUT2D eigenvalue weighted by molar-refractivity contribution is -0.138. The van der Waals surface area contributed by atoms with Gasteiger partial charge in [0.15, 0.2) is 5.78 Å². The molecule has 0 heterocycles. The van der Waals surface area contributed by atoms with E-state index < -0.39 is 0 Å². The third-order valence-electron chi connectivity index (χ3n) is 6.08. The number of allylic oxidation sites excluding steroid dienone is 1. The van der Waals surface area contributed by atoms with Crippen molar-refractivity contribution in [1.82, 2.24) is 0 Å². The summed E-state index contributed by atoms with van der Waals surface area (Å²) in [6.45, 7) is 0. The van der Waals surface area contributed by atoms with Gasteiger partial charge in [0.05, 0.1) is 7.11 Å². The molecule has 2 heteroatoms. The number of hydrogen-bond donors (Lipinski definition) is 0. The third-order valence-corrected chi connectivity index (χ3v) is 6.08. The first-order valence-corrected chi connectivity index (χ1v) is 8.53. The van der Waals surface area contributed by atoms with Crippen molar-refractivity contribution in [1.29, 1.82) is 0 Å². The first kappa shape index (κ1) is 14.0. The highest BCUT2D eigenvalue weighted by Gasteiger charge is 2.53. The maximum absolute atomic E-state index is 12.9. The van der Waals surface area contributed by atoms with Crippen LogP contribution in [0.2, 0.25) is 0 Å². The summed E-state index contributed by atoms with van der Waals surface area (Å²) in [6, 6.07) is 7.89. The van der Waals surface area contributed by atoms with Gasteiger partial charge in [-0.15, -0.1) is 0 Å². The molecular weight excluding hydrogens is 272 g/mol. The Morgan fingerprint density at radius 2 is 1.77 bits per heavy atom. The van der Waals surface area contributed by atoms with E-state index in [1.807, 2.05) is 36.4 Å². The Kier molecular flexibility index (Phi) is 3.36. The van der Waals surface area contributed by atoms with Crippen LogP contribution in [-0.2, 0) is 4.79 Å². The summed E-state index contributed by atoms with van der Waals surface area (Å²) in [4.78, 5) is 12.9. The highest BCUT2D eigenvalue weighted by atomic mass is 16.5. The van der Waals surface area contributed by atoms with E-state index in [9.17, 15) is 4.79 Å². The number of benzene rings is 1. The molecule has 0 aromatic heterocycles. The molecule has 4 aliphatic rings. The maximum atomic E-state index is 12.9. The molecule has 0 spiro atoms. The van der Waals surface area contributed by atoms with E-state index in [1.165, 1.54) is 19.3 Å².